The summed E-state index contributed by atoms with van der Waals surface area (Å²) in [6, 6.07) is 0. The monoisotopic (exact) mass is 363 g/mol. The van der Waals surface area contributed by atoms with Gasteiger partial charge in [-0.2, -0.15) is 0 Å². The standard InChI is InChI=1S/C9H13N2O8PS.Na/c10-8(14)3-2-21-9(11-3)7-6(13)5(12)4(19-7)1-18-20(15,16)17;/h2,4-7,12-13H,1H2,(H2,10,14)(H2,15,16,17);. The number of phosphoric acid groups is 1. The number of ether oxygens (including phenoxy) is 1. The summed E-state index contributed by atoms with van der Waals surface area (Å²) in [5.41, 5.74) is 5.05. The fourth-order valence-electron chi connectivity index (χ4n) is 1.79. The number of hydrogen-bond acceptors (Lipinski definition) is 8. The molecule has 0 bridgehead atoms. The average molecular weight is 363 g/mol. The van der Waals surface area contributed by atoms with E-state index in [2.05, 4.69) is 9.51 Å². The van der Waals surface area contributed by atoms with Gasteiger partial charge in [-0.3, -0.25) is 9.32 Å². The van der Waals surface area contributed by atoms with E-state index in [0.717, 1.165) is 11.3 Å². The number of aliphatic hydroxyl groups excluding tert-OH is 2. The summed E-state index contributed by atoms with van der Waals surface area (Å²) in [5, 5.41) is 21.3. The van der Waals surface area contributed by atoms with Gasteiger partial charge in [-0.15, -0.1) is 11.3 Å². The molecule has 10 nitrogen and oxygen atoms in total. The number of phosphoric ester groups is 1. The maximum Gasteiger partial charge on any atom is 0.469 e. The number of aliphatic hydroxyl groups is 2. The van der Waals surface area contributed by atoms with Crippen LogP contribution in [0.3, 0.4) is 0 Å². The molecule has 119 valence electrons. The molecule has 1 amide bonds. The number of primary amides is 1. The van der Waals surface area contributed by atoms with Gasteiger partial charge in [0.2, 0.25) is 0 Å². The second kappa shape index (κ2) is 7.77. The normalized spacial score (nSPS) is 28.4. The third kappa shape index (κ3) is 4.79. The number of amides is 1. The fraction of sp³-hybridized carbons (Fsp3) is 0.556. The number of rotatable bonds is 5. The SMILES string of the molecule is NC(=O)c1csc(C2OC(COP(=O)(O)O)C(O)C2O)n1.[Na]. The molecule has 13 heteroatoms. The van der Waals surface area contributed by atoms with Gasteiger partial charge in [0.15, 0.2) is 0 Å². The second-order valence-corrected chi connectivity index (χ2v) is 6.43. The van der Waals surface area contributed by atoms with E-state index in [4.69, 9.17) is 20.3 Å². The van der Waals surface area contributed by atoms with Crippen LogP contribution < -0.4 is 5.73 Å². The summed E-state index contributed by atoms with van der Waals surface area (Å²) in [4.78, 5) is 32.0. The average Bonchev–Trinajstić information content (AvgIpc) is 2.94. The van der Waals surface area contributed by atoms with Crippen molar-refractivity contribution in [2.45, 2.75) is 24.4 Å². The number of nitrogens with zero attached hydrogens (tertiary/aromatic N) is 1. The Kier molecular flexibility index (Phi) is 7.12. The van der Waals surface area contributed by atoms with Crippen LogP contribution in [0, 0.1) is 0 Å². The molecule has 6 N–H and O–H groups in total. The van der Waals surface area contributed by atoms with Crippen molar-refractivity contribution in [2.24, 2.45) is 5.73 Å². The smallest absolute Gasteiger partial charge is 0.387 e. The minimum absolute atomic E-state index is 0. The number of carbonyl (C=O) groups excluding carboxylic acids is 1. The number of nitrogens with two attached hydrogens (primary N) is 1. The Morgan fingerprint density at radius 2 is 2.09 bits per heavy atom. The summed E-state index contributed by atoms with van der Waals surface area (Å²) in [6.45, 7) is -0.604. The molecule has 1 aliphatic heterocycles. The van der Waals surface area contributed by atoms with Gasteiger partial charge in [0, 0.05) is 34.9 Å². The molecule has 1 fully saturated rings. The minimum atomic E-state index is -4.71. The largest absolute Gasteiger partial charge is 0.469 e. The van der Waals surface area contributed by atoms with Gasteiger partial charge in [0.25, 0.3) is 5.91 Å². The van der Waals surface area contributed by atoms with E-state index in [1.54, 1.807) is 0 Å². The zero-order valence-corrected chi connectivity index (χ0v) is 15.1. The van der Waals surface area contributed by atoms with Crippen molar-refractivity contribution in [1.29, 1.82) is 0 Å². The molecule has 2 heterocycles. The number of thiazole rings is 1. The summed E-state index contributed by atoms with van der Waals surface area (Å²) in [6.07, 6.45) is -4.97. The van der Waals surface area contributed by atoms with Crippen molar-refractivity contribution in [1.82, 2.24) is 4.98 Å². The summed E-state index contributed by atoms with van der Waals surface area (Å²) in [5.74, 6) is -0.744. The van der Waals surface area contributed by atoms with Gasteiger partial charge >= 0.3 is 7.82 Å². The van der Waals surface area contributed by atoms with Gasteiger partial charge in [0.05, 0.1) is 6.61 Å². The van der Waals surface area contributed by atoms with Crippen molar-refractivity contribution in [3.63, 3.8) is 0 Å². The van der Waals surface area contributed by atoms with E-state index in [1.165, 1.54) is 5.38 Å². The topological polar surface area (TPSA) is 172 Å². The van der Waals surface area contributed by atoms with E-state index >= 15 is 0 Å². The maximum atomic E-state index is 11.0. The molecular weight excluding hydrogens is 350 g/mol. The van der Waals surface area contributed by atoms with Gasteiger partial charge in [-0.1, -0.05) is 0 Å². The molecule has 0 spiro atoms. The predicted octanol–water partition coefficient (Wildman–Crippen LogP) is -1.87. The molecule has 1 radical (unpaired) electrons. The Morgan fingerprint density at radius 1 is 1.45 bits per heavy atom. The van der Waals surface area contributed by atoms with E-state index < -0.39 is 44.8 Å². The van der Waals surface area contributed by atoms with Crippen LogP contribution in [0.1, 0.15) is 21.6 Å². The van der Waals surface area contributed by atoms with E-state index in [-0.39, 0.29) is 40.3 Å². The summed E-state index contributed by atoms with van der Waals surface area (Å²) >= 11 is 1.00. The van der Waals surface area contributed by atoms with Crippen LogP contribution in [-0.2, 0) is 13.8 Å². The Balaban J connectivity index is 0.00000242. The molecule has 22 heavy (non-hydrogen) atoms. The van der Waals surface area contributed by atoms with Gasteiger partial charge in [-0.25, -0.2) is 9.55 Å². The van der Waals surface area contributed by atoms with Crippen molar-refractivity contribution in [3.8, 4) is 0 Å². The van der Waals surface area contributed by atoms with Crippen molar-refractivity contribution in [3.05, 3.63) is 16.1 Å². The van der Waals surface area contributed by atoms with Crippen LogP contribution in [0.4, 0.5) is 0 Å². The van der Waals surface area contributed by atoms with Crippen LogP contribution in [-0.4, -0.2) is 85.4 Å². The second-order valence-electron chi connectivity index (χ2n) is 4.30. The minimum Gasteiger partial charge on any atom is -0.387 e. The summed E-state index contributed by atoms with van der Waals surface area (Å²) in [7, 11) is -4.71. The maximum absolute atomic E-state index is 11.0. The van der Waals surface area contributed by atoms with Crippen LogP contribution in [0.2, 0.25) is 0 Å². The number of hydrogen-bond donors (Lipinski definition) is 5. The molecule has 0 aliphatic carbocycles. The van der Waals surface area contributed by atoms with Crippen LogP contribution in [0.5, 0.6) is 0 Å². The molecule has 0 saturated carbocycles. The first-order chi connectivity index (χ1) is 9.69. The molecule has 2 rings (SSSR count). The molecule has 1 aromatic heterocycles. The van der Waals surface area contributed by atoms with E-state index in [9.17, 15) is 19.6 Å². The van der Waals surface area contributed by atoms with Gasteiger partial charge in [0.1, 0.15) is 35.1 Å². The zero-order valence-electron chi connectivity index (χ0n) is 11.4. The van der Waals surface area contributed by atoms with Gasteiger partial charge in [-0.05, 0) is 0 Å². The third-order valence-electron chi connectivity index (χ3n) is 2.79. The fourth-order valence-corrected chi connectivity index (χ4v) is 3.02. The van der Waals surface area contributed by atoms with Crippen molar-refractivity contribution >= 4 is 54.6 Å². The Hall–Kier alpha value is 0.0900. The number of aromatic nitrogens is 1. The Labute approximate surface area is 150 Å². The van der Waals surface area contributed by atoms with Crippen molar-refractivity contribution < 1.29 is 38.6 Å². The Bertz CT molecular complexity index is 580. The van der Waals surface area contributed by atoms with E-state index in [1.807, 2.05) is 0 Å². The first-order valence-corrected chi connectivity index (χ1v) is 8.07. The first-order valence-electron chi connectivity index (χ1n) is 5.66. The van der Waals surface area contributed by atoms with Crippen LogP contribution in [0.25, 0.3) is 0 Å². The van der Waals surface area contributed by atoms with Gasteiger partial charge < -0.3 is 30.5 Å². The zero-order chi connectivity index (χ0) is 15.8. The van der Waals surface area contributed by atoms with E-state index in [0.29, 0.717) is 0 Å². The molecule has 1 saturated heterocycles. The molecule has 1 aliphatic rings. The Morgan fingerprint density at radius 3 is 2.59 bits per heavy atom. The van der Waals surface area contributed by atoms with Crippen LogP contribution >= 0.6 is 19.2 Å². The van der Waals surface area contributed by atoms with Crippen LogP contribution in [0.15, 0.2) is 5.38 Å². The molecule has 1 aromatic rings. The quantitative estimate of drug-likeness (QED) is 0.297. The third-order valence-corrected chi connectivity index (χ3v) is 4.18. The molecule has 4 atom stereocenters. The molecule has 0 aromatic carbocycles. The predicted molar refractivity (Wildman–Crippen MR) is 74.0 cm³/mol. The van der Waals surface area contributed by atoms with Crippen molar-refractivity contribution in [2.75, 3.05) is 6.61 Å². The summed E-state index contributed by atoms with van der Waals surface area (Å²) < 4.78 is 20.1. The first kappa shape index (κ1) is 20.1. The number of carbonyl (C=O) groups is 1. The molecule has 4 unspecified atom stereocenters. The molecular formula is C9H13N2NaO8PS.